The van der Waals surface area contributed by atoms with Gasteiger partial charge in [0.2, 0.25) is 17.7 Å². The van der Waals surface area contributed by atoms with Gasteiger partial charge in [0, 0.05) is 37.2 Å². The first kappa shape index (κ1) is 22.1. The average Bonchev–Trinajstić information content (AvgIpc) is 3.23. The molecule has 0 aliphatic carbocycles. The van der Waals surface area contributed by atoms with Crippen molar-refractivity contribution >= 4 is 34.2 Å². The zero-order valence-corrected chi connectivity index (χ0v) is 19.2. The number of nitrogens with zero attached hydrogens (tertiary/aromatic N) is 2. The van der Waals surface area contributed by atoms with E-state index in [9.17, 15) is 14.4 Å². The minimum atomic E-state index is -0.438. The van der Waals surface area contributed by atoms with E-state index < -0.39 is 5.54 Å². The summed E-state index contributed by atoms with van der Waals surface area (Å²) in [5.74, 6) is -0.0516. The molecule has 2 heterocycles. The van der Waals surface area contributed by atoms with Crippen molar-refractivity contribution in [1.82, 2.24) is 10.2 Å². The Morgan fingerprint density at radius 2 is 1.68 bits per heavy atom. The fourth-order valence-electron chi connectivity index (χ4n) is 5.26. The van der Waals surface area contributed by atoms with Crippen molar-refractivity contribution in [3.05, 3.63) is 78.4 Å². The molecule has 3 aromatic carbocycles. The monoisotopic (exact) mass is 455 g/mol. The Morgan fingerprint density at radius 1 is 0.912 bits per heavy atom. The van der Waals surface area contributed by atoms with Gasteiger partial charge in [0.15, 0.2) is 0 Å². The van der Waals surface area contributed by atoms with Gasteiger partial charge in [-0.05, 0) is 47.7 Å². The van der Waals surface area contributed by atoms with Gasteiger partial charge in [-0.2, -0.15) is 0 Å². The van der Waals surface area contributed by atoms with Gasteiger partial charge in [-0.1, -0.05) is 60.7 Å². The number of carbonyl (C=O) groups is 3. The Kier molecular flexibility index (Phi) is 6.05. The van der Waals surface area contributed by atoms with E-state index in [4.69, 9.17) is 0 Å². The second-order valence-electron chi connectivity index (χ2n) is 9.34. The standard InChI is InChI=1S/C28H29N3O3/c32-25-13-15-28(29-25,19-22-9-6-8-21-7-4-5-12-24(21)22)16-14-26(33)30-17-18-31(27(34)20-30)23-10-2-1-3-11-23/h1-12H,13-20H2,(H,29,32)/t28-/m0/s1. The number of hydrogen-bond donors (Lipinski definition) is 1. The van der Waals surface area contributed by atoms with Gasteiger partial charge in [-0.15, -0.1) is 0 Å². The quantitative estimate of drug-likeness (QED) is 0.616. The number of benzene rings is 3. The molecule has 2 aliphatic rings. The van der Waals surface area contributed by atoms with E-state index in [1.54, 1.807) is 9.80 Å². The third-order valence-electron chi connectivity index (χ3n) is 7.10. The molecule has 3 amide bonds. The molecule has 5 rings (SSSR count). The minimum Gasteiger partial charge on any atom is -0.350 e. The lowest BCUT2D eigenvalue weighted by Gasteiger charge is -2.35. The van der Waals surface area contributed by atoms with Gasteiger partial charge in [0.05, 0.1) is 0 Å². The first-order chi connectivity index (χ1) is 16.5. The summed E-state index contributed by atoms with van der Waals surface area (Å²) in [4.78, 5) is 41.4. The molecular weight excluding hydrogens is 426 g/mol. The third-order valence-corrected chi connectivity index (χ3v) is 7.10. The number of rotatable bonds is 6. The van der Waals surface area contributed by atoms with Crippen LogP contribution in [-0.2, 0) is 20.8 Å². The van der Waals surface area contributed by atoms with Crippen LogP contribution in [0.5, 0.6) is 0 Å². The number of amides is 3. The summed E-state index contributed by atoms with van der Waals surface area (Å²) in [5.41, 5.74) is 1.61. The fourth-order valence-corrected chi connectivity index (χ4v) is 5.26. The molecule has 1 N–H and O–H groups in total. The van der Waals surface area contributed by atoms with Gasteiger partial charge < -0.3 is 15.1 Å². The van der Waals surface area contributed by atoms with E-state index in [1.165, 1.54) is 16.3 Å². The lowest BCUT2D eigenvalue weighted by Crippen LogP contribution is -2.53. The SMILES string of the molecule is O=C1CC[C@](CCC(=O)N2CCN(c3ccccc3)C(=O)C2)(Cc2cccc3ccccc23)N1. The molecule has 0 saturated carbocycles. The van der Waals surface area contributed by atoms with Crippen LogP contribution in [0, 0.1) is 0 Å². The number of para-hydroxylation sites is 1. The van der Waals surface area contributed by atoms with Crippen LogP contribution < -0.4 is 10.2 Å². The largest absolute Gasteiger partial charge is 0.350 e. The maximum Gasteiger partial charge on any atom is 0.246 e. The highest BCUT2D eigenvalue weighted by molar-refractivity contribution is 5.98. The van der Waals surface area contributed by atoms with E-state index >= 15 is 0 Å². The average molecular weight is 456 g/mol. The maximum absolute atomic E-state index is 13.1. The third kappa shape index (κ3) is 4.53. The second kappa shape index (κ2) is 9.29. The predicted molar refractivity (Wildman–Crippen MR) is 132 cm³/mol. The van der Waals surface area contributed by atoms with Crippen LogP contribution in [0.2, 0.25) is 0 Å². The van der Waals surface area contributed by atoms with Gasteiger partial charge in [-0.25, -0.2) is 0 Å². The van der Waals surface area contributed by atoms with Crippen molar-refractivity contribution in [2.45, 2.75) is 37.6 Å². The minimum absolute atomic E-state index is 0.0282. The second-order valence-corrected chi connectivity index (χ2v) is 9.34. The number of nitrogens with one attached hydrogen (secondary N) is 1. The maximum atomic E-state index is 13.1. The van der Waals surface area contributed by atoms with Crippen molar-refractivity contribution < 1.29 is 14.4 Å². The van der Waals surface area contributed by atoms with Crippen LogP contribution in [-0.4, -0.2) is 47.8 Å². The summed E-state index contributed by atoms with van der Waals surface area (Å²) in [7, 11) is 0. The number of carbonyl (C=O) groups excluding carboxylic acids is 3. The van der Waals surface area contributed by atoms with Crippen LogP contribution in [0.15, 0.2) is 72.8 Å². The van der Waals surface area contributed by atoms with E-state index in [2.05, 4.69) is 29.6 Å². The number of hydrogen-bond acceptors (Lipinski definition) is 3. The summed E-state index contributed by atoms with van der Waals surface area (Å²) in [6.07, 6.45) is 2.75. The zero-order valence-electron chi connectivity index (χ0n) is 19.2. The van der Waals surface area contributed by atoms with Gasteiger partial charge in [0.1, 0.15) is 6.54 Å². The molecule has 0 spiro atoms. The Hall–Kier alpha value is -3.67. The molecule has 0 radical (unpaired) electrons. The molecule has 0 unspecified atom stereocenters. The van der Waals surface area contributed by atoms with Crippen molar-refractivity contribution in [2.75, 3.05) is 24.5 Å². The van der Waals surface area contributed by atoms with Crippen LogP contribution >= 0.6 is 0 Å². The van der Waals surface area contributed by atoms with Crippen molar-refractivity contribution in [3.63, 3.8) is 0 Å². The molecule has 3 aromatic rings. The zero-order chi connectivity index (χ0) is 23.5. The van der Waals surface area contributed by atoms with Gasteiger partial charge in [-0.3, -0.25) is 14.4 Å². The molecule has 0 bridgehead atoms. The summed E-state index contributed by atoms with van der Waals surface area (Å²) < 4.78 is 0. The number of piperazine rings is 1. The van der Waals surface area contributed by atoms with E-state index in [0.29, 0.717) is 45.2 Å². The summed E-state index contributed by atoms with van der Waals surface area (Å²) >= 11 is 0. The summed E-state index contributed by atoms with van der Waals surface area (Å²) in [6.45, 7) is 1.10. The molecular formula is C28H29N3O3. The first-order valence-corrected chi connectivity index (χ1v) is 11.9. The number of anilines is 1. The van der Waals surface area contributed by atoms with Crippen LogP contribution in [0.4, 0.5) is 5.69 Å². The molecule has 2 aliphatic heterocycles. The van der Waals surface area contributed by atoms with Crippen molar-refractivity contribution in [1.29, 1.82) is 0 Å². The summed E-state index contributed by atoms with van der Waals surface area (Å²) in [5, 5.41) is 5.54. The topological polar surface area (TPSA) is 69.7 Å². The van der Waals surface area contributed by atoms with E-state index in [0.717, 1.165) is 5.69 Å². The molecule has 34 heavy (non-hydrogen) atoms. The molecule has 6 heteroatoms. The molecule has 6 nitrogen and oxygen atoms in total. The molecule has 2 fully saturated rings. The molecule has 174 valence electrons. The van der Waals surface area contributed by atoms with Crippen molar-refractivity contribution in [3.8, 4) is 0 Å². The number of fused-ring (bicyclic) bond motifs is 1. The van der Waals surface area contributed by atoms with Crippen LogP contribution in [0.1, 0.15) is 31.2 Å². The molecule has 0 aromatic heterocycles. The Labute approximate surface area is 199 Å². The summed E-state index contributed by atoms with van der Waals surface area (Å²) in [6, 6.07) is 24.1. The predicted octanol–water partition coefficient (Wildman–Crippen LogP) is 3.69. The van der Waals surface area contributed by atoms with E-state index in [-0.39, 0.29) is 24.3 Å². The lowest BCUT2D eigenvalue weighted by molar-refractivity contribution is -0.137. The normalized spacial score (nSPS) is 20.6. The first-order valence-electron chi connectivity index (χ1n) is 11.9. The highest BCUT2D eigenvalue weighted by Crippen LogP contribution is 2.32. The Morgan fingerprint density at radius 3 is 2.44 bits per heavy atom. The van der Waals surface area contributed by atoms with Crippen LogP contribution in [0.25, 0.3) is 10.8 Å². The molecule has 1 atom stereocenters. The van der Waals surface area contributed by atoms with Gasteiger partial charge >= 0.3 is 0 Å². The van der Waals surface area contributed by atoms with Crippen LogP contribution in [0.3, 0.4) is 0 Å². The van der Waals surface area contributed by atoms with Crippen molar-refractivity contribution in [2.24, 2.45) is 0 Å². The smallest absolute Gasteiger partial charge is 0.246 e. The van der Waals surface area contributed by atoms with E-state index in [1.807, 2.05) is 48.5 Å². The Bertz CT molecular complexity index is 1220. The molecule has 2 saturated heterocycles. The van der Waals surface area contributed by atoms with Gasteiger partial charge in [0.25, 0.3) is 0 Å². The Balaban J connectivity index is 1.26. The highest BCUT2D eigenvalue weighted by Gasteiger charge is 2.39. The lowest BCUT2D eigenvalue weighted by atomic mass is 9.83. The highest BCUT2D eigenvalue weighted by atomic mass is 16.2. The fraction of sp³-hybridized carbons (Fsp3) is 0.321.